The van der Waals surface area contributed by atoms with Gasteiger partial charge in [0, 0.05) is 23.1 Å². The van der Waals surface area contributed by atoms with Crippen LogP contribution >= 0.6 is 15.9 Å². The molecule has 1 heterocycles. The predicted octanol–water partition coefficient (Wildman–Crippen LogP) is 8.18. The second kappa shape index (κ2) is 12.4. The first-order valence-corrected chi connectivity index (χ1v) is 12.3. The highest BCUT2D eigenvalue weighted by Gasteiger charge is 2.18. The van der Waals surface area contributed by atoms with Crippen molar-refractivity contribution >= 4 is 32.8 Å². The Morgan fingerprint density at radius 3 is 2.45 bits per heavy atom. The van der Waals surface area contributed by atoms with Gasteiger partial charge in [0.2, 0.25) is 0 Å². The van der Waals surface area contributed by atoms with E-state index < -0.39 is 24.0 Å². The Kier molecular flexibility index (Phi) is 8.81. The number of nitrogens with one attached hydrogen (secondary N) is 1. The number of carboxylic acid groups (broad SMARTS) is 1. The minimum Gasteiger partial charge on any atom is -0.478 e. The van der Waals surface area contributed by atoms with Gasteiger partial charge in [-0.05, 0) is 64.0 Å². The molecular formula is C29H18BrF4N3O3. The molecule has 0 fully saturated rings. The molecule has 4 aromatic carbocycles. The van der Waals surface area contributed by atoms with Gasteiger partial charge in [0.05, 0.1) is 27.2 Å². The molecule has 0 saturated carbocycles. The number of alkyl halides is 2. The largest absolute Gasteiger partial charge is 0.478 e. The van der Waals surface area contributed by atoms with E-state index in [9.17, 15) is 18.0 Å². The SMILES string of the molecule is N#Cc1cc(Oc2c(Br)ccc(Cc3[nH]nc4ccccc34)c2F)cc(C(F)F)c1.O=C(O)c1ccccc1F. The maximum atomic E-state index is 15.3. The summed E-state index contributed by atoms with van der Waals surface area (Å²) in [5.41, 5.74) is 1.19. The number of aromatic carboxylic acids is 1. The molecule has 0 aliphatic rings. The molecule has 5 rings (SSSR count). The number of hydrogen-bond acceptors (Lipinski definition) is 4. The van der Waals surface area contributed by atoms with Gasteiger partial charge in [0.15, 0.2) is 11.6 Å². The lowest BCUT2D eigenvalue weighted by Gasteiger charge is -2.13. The number of H-pyrrole nitrogens is 1. The van der Waals surface area contributed by atoms with Crippen molar-refractivity contribution in [3.63, 3.8) is 0 Å². The number of nitriles is 1. The Balaban J connectivity index is 0.000000312. The van der Waals surface area contributed by atoms with E-state index in [1.54, 1.807) is 18.2 Å². The van der Waals surface area contributed by atoms with Crippen molar-refractivity contribution in [1.82, 2.24) is 10.2 Å². The van der Waals surface area contributed by atoms with Gasteiger partial charge in [-0.3, -0.25) is 5.10 Å². The number of aromatic amines is 1. The summed E-state index contributed by atoms with van der Waals surface area (Å²) in [5, 5.41) is 25.4. The number of carbonyl (C=O) groups is 1. The average molecular weight is 612 g/mol. The fourth-order valence-electron chi connectivity index (χ4n) is 3.77. The van der Waals surface area contributed by atoms with Crippen LogP contribution in [0.25, 0.3) is 10.9 Å². The molecule has 6 nitrogen and oxygen atoms in total. The molecule has 5 aromatic rings. The number of rotatable bonds is 6. The van der Waals surface area contributed by atoms with Crippen LogP contribution in [0.4, 0.5) is 17.6 Å². The van der Waals surface area contributed by atoms with Crippen molar-refractivity contribution in [2.24, 2.45) is 0 Å². The topological polar surface area (TPSA) is 99.0 Å². The number of para-hydroxylation sites is 1. The van der Waals surface area contributed by atoms with Crippen LogP contribution in [0.1, 0.15) is 39.2 Å². The Morgan fingerprint density at radius 1 is 1.05 bits per heavy atom. The summed E-state index contributed by atoms with van der Waals surface area (Å²) in [6.45, 7) is 0. The van der Waals surface area contributed by atoms with Crippen molar-refractivity contribution < 1.29 is 32.2 Å². The molecule has 2 N–H and O–H groups in total. The van der Waals surface area contributed by atoms with Crippen LogP contribution in [0, 0.1) is 23.0 Å². The number of aromatic nitrogens is 2. The van der Waals surface area contributed by atoms with Gasteiger partial charge in [0.1, 0.15) is 11.6 Å². The molecule has 0 aliphatic heterocycles. The number of benzene rings is 4. The van der Waals surface area contributed by atoms with Crippen molar-refractivity contribution in [2.75, 3.05) is 0 Å². The summed E-state index contributed by atoms with van der Waals surface area (Å²) >= 11 is 3.24. The molecule has 0 saturated heterocycles. The zero-order valence-electron chi connectivity index (χ0n) is 20.3. The van der Waals surface area contributed by atoms with E-state index in [0.29, 0.717) is 10.0 Å². The summed E-state index contributed by atoms with van der Waals surface area (Å²) in [5.74, 6) is -2.77. The summed E-state index contributed by atoms with van der Waals surface area (Å²) < 4.78 is 59.8. The van der Waals surface area contributed by atoms with Gasteiger partial charge < -0.3 is 9.84 Å². The molecule has 0 unspecified atom stereocenters. The Bertz CT molecular complexity index is 1730. The molecule has 11 heteroatoms. The number of carboxylic acids is 1. The van der Waals surface area contributed by atoms with Crippen LogP contribution in [-0.2, 0) is 6.42 Å². The fraction of sp³-hybridized carbons (Fsp3) is 0.0690. The first kappa shape index (κ1) is 28.3. The minimum absolute atomic E-state index is 0.000542. The van der Waals surface area contributed by atoms with Gasteiger partial charge in [-0.1, -0.05) is 36.4 Å². The normalized spacial score (nSPS) is 10.6. The molecule has 0 amide bonds. The summed E-state index contributed by atoms with van der Waals surface area (Å²) in [6.07, 6.45) is -2.55. The zero-order chi connectivity index (χ0) is 28.8. The molecule has 40 heavy (non-hydrogen) atoms. The second-order valence-corrected chi connectivity index (χ2v) is 9.19. The number of halogens is 5. The van der Waals surface area contributed by atoms with Crippen LogP contribution in [0.5, 0.6) is 11.5 Å². The minimum atomic E-state index is -2.78. The smallest absolute Gasteiger partial charge is 0.338 e. The molecule has 0 bridgehead atoms. The predicted molar refractivity (Wildman–Crippen MR) is 143 cm³/mol. The molecule has 202 valence electrons. The summed E-state index contributed by atoms with van der Waals surface area (Å²) in [7, 11) is 0. The number of nitrogens with zero attached hydrogens (tertiary/aromatic N) is 2. The highest BCUT2D eigenvalue weighted by atomic mass is 79.9. The van der Waals surface area contributed by atoms with Gasteiger partial charge in [-0.25, -0.2) is 22.4 Å². The van der Waals surface area contributed by atoms with Crippen molar-refractivity contribution in [3.8, 4) is 17.6 Å². The van der Waals surface area contributed by atoms with E-state index in [0.717, 1.165) is 34.8 Å². The highest BCUT2D eigenvalue weighted by molar-refractivity contribution is 9.10. The maximum absolute atomic E-state index is 15.3. The van der Waals surface area contributed by atoms with E-state index in [1.165, 1.54) is 24.3 Å². The zero-order valence-corrected chi connectivity index (χ0v) is 21.9. The lowest BCUT2D eigenvalue weighted by Crippen LogP contribution is -1.99. The molecular weight excluding hydrogens is 594 g/mol. The standard InChI is InChI=1S/C22H13BrF3N3O.C7H5FO2/c23-17-6-5-13(10-19-16-3-1-2-4-18(16)28-29-19)20(24)21(17)30-15-8-12(11-27)7-14(9-15)22(25)26;8-6-4-2-1-3-5(6)7(9)10/h1-9,22H,10H2,(H,28,29);1-4H,(H,9,10). The lowest BCUT2D eigenvalue weighted by atomic mass is 10.1. The van der Waals surface area contributed by atoms with Crippen LogP contribution < -0.4 is 4.74 Å². The third-order valence-electron chi connectivity index (χ3n) is 5.67. The molecule has 0 radical (unpaired) electrons. The third-order valence-corrected chi connectivity index (χ3v) is 6.30. The average Bonchev–Trinajstić information content (AvgIpc) is 3.35. The Labute approximate surface area is 233 Å². The summed E-state index contributed by atoms with van der Waals surface area (Å²) in [4.78, 5) is 10.2. The first-order chi connectivity index (χ1) is 19.2. The Hall–Kier alpha value is -4.69. The van der Waals surface area contributed by atoms with E-state index in [1.807, 2.05) is 24.3 Å². The molecule has 0 spiro atoms. The maximum Gasteiger partial charge on any atom is 0.338 e. The monoisotopic (exact) mass is 611 g/mol. The second-order valence-electron chi connectivity index (χ2n) is 8.34. The number of hydrogen-bond donors (Lipinski definition) is 2. The molecule has 1 aromatic heterocycles. The van der Waals surface area contributed by atoms with Crippen molar-refractivity contribution in [1.29, 1.82) is 5.26 Å². The Morgan fingerprint density at radius 2 is 1.77 bits per heavy atom. The van der Waals surface area contributed by atoms with Crippen molar-refractivity contribution in [2.45, 2.75) is 12.8 Å². The van der Waals surface area contributed by atoms with Gasteiger partial charge in [-0.15, -0.1) is 0 Å². The fourth-order valence-corrected chi connectivity index (χ4v) is 4.15. The lowest BCUT2D eigenvalue weighted by molar-refractivity contribution is 0.0692. The quantitative estimate of drug-likeness (QED) is 0.189. The van der Waals surface area contributed by atoms with Gasteiger partial charge >= 0.3 is 5.97 Å². The van der Waals surface area contributed by atoms with Crippen molar-refractivity contribution in [3.05, 3.63) is 123 Å². The van der Waals surface area contributed by atoms with E-state index in [2.05, 4.69) is 26.1 Å². The molecule has 0 atom stereocenters. The van der Waals surface area contributed by atoms with E-state index in [4.69, 9.17) is 15.1 Å². The number of ether oxygens (including phenoxy) is 1. The van der Waals surface area contributed by atoms with Gasteiger partial charge in [0.25, 0.3) is 6.43 Å². The molecule has 0 aliphatic carbocycles. The van der Waals surface area contributed by atoms with Crippen LogP contribution in [0.15, 0.2) is 83.3 Å². The highest BCUT2D eigenvalue weighted by Crippen LogP contribution is 2.36. The summed E-state index contributed by atoms with van der Waals surface area (Å²) in [6, 6.07) is 21.2. The number of fused-ring (bicyclic) bond motifs is 1. The van der Waals surface area contributed by atoms with Gasteiger partial charge in [-0.2, -0.15) is 10.4 Å². The van der Waals surface area contributed by atoms with Crippen LogP contribution in [0.2, 0.25) is 0 Å². The van der Waals surface area contributed by atoms with E-state index in [-0.39, 0.29) is 34.6 Å². The van der Waals surface area contributed by atoms with Crippen LogP contribution in [0.3, 0.4) is 0 Å². The van der Waals surface area contributed by atoms with E-state index >= 15 is 4.39 Å². The van der Waals surface area contributed by atoms with Crippen LogP contribution in [-0.4, -0.2) is 21.3 Å². The third kappa shape index (κ3) is 6.47. The first-order valence-electron chi connectivity index (χ1n) is 11.6.